The molecule has 0 radical (unpaired) electrons. The van der Waals surface area contributed by atoms with Crippen LogP contribution in [0.2, 0.25) is 0 Å². The molecule has 2 aliphatic heterocycles. The number of thioether (sulfide) groups is 1. The van der Waals surface area contributed by atoms with Crippen molar-refractivity contribution in [2.24, 2.45) is 9.98 Å². The second-order valence-corrected chi connectivity index (χ2v) is 11.4. The third-order valence-electron chi connectivity index (χ3n) is 6.57. The molecule has 2 unspecified atom stereocenters. The highest BCUT2D eigenvalue weighted by Crippen LogP contribution is 2.36. The fourth-order valence-electron chi connectivity index (χ4n) is 4.43. The van der Waals surface area contributed by atoms with Crippen molar-refractivity contribution in [1.29, 1.82) is 0 Å². The van der Waals surface area contributed by atoms with E-state index in [1.807, 2.05) is 73.0 Å². The Bertz CT molecular complexity index is 1430. The van der Waals surface area contributed by atoms with Gasteiger partial charge in [-0.15, -0.1) is 11.3 Å². The lowest BCUT2D eigenvalue weighted by molar-refractivity contribution is -0.126. The molecule has 0 saturated heterocycles. The van der Waals surface area contributed by atoms with Gasteiger partial charge in [-0.05, 0) is 54.1 Å². The van der Waals surface area contributed by atoms with Gasteiger partial charge >= 0.3 is 0 Å². The molecule has 0 saturated carbocycles. The summed E-state index contributed by atoms with van der Waals surface area (Å²) in [6.45, 7) is 4.43. The van der Waals surface area contributed by atoms with Crippen LogP contribution in [-0.4, -0.2) is 44.9 Å². The molecular formula is C29H29N5O3S2. The van der Waals surface area contributed by atoms with E-state index in [9.17, 15) is 14.4 Å². The fourth-order valence-corrected chi connectivity index (χ4v) is 6.14. The minimum atomic E-state index is -0.829. The van der Waals surface area contributed by atoms with Crippen molar-refractivity contribution < 1.29 is 14.4 Å². The van der Waals surface area contributed by atoms with Crippen LogP contribution in [-0.2, 0) is 27.3 Å². The Balaban J connectivity index is 1.36. The van der Waals surface area contributed by atoms with E-state index in [0.29, 0.717) is 29.7 Å². The molecule has 0 bridgehead atoms. The number of carbonyl (C=O) groups excluding carboxylic acids is 3. The van der Waals surface area contributed by atoms with Crippen LogP contribution in [0.5, 0.6) is 0 Å². The van der Waals surface area contributed by atoms with Gasteiger partial charge in [-0.2, -0.15) is 4.99 Å². The van der Waals surface area contributed by atoms with Gasteiger partial charge in [-0.3, -0.25) is 19.3 Å². The molecule has 3 amide bonds. The molecule has 0 fully saturated rings. The van der Waals surface area contributed by atoms with Crippen LogP contribution in [0.4, 0.5) is 11.4 Å². The second-order valence-electron chi connectivity index (χ2n) is 9.19. The van der Waals surface area contributed by atoms with Gasteiger partial charge < -0.3 is 10.6 Å². The van der Waals surface area contributed by atoms with Gasteiger partial charge in [0.2, 0.25) is 11.8 Å². The molecule has 1 aromatic heterocycles. The third-order valence-corrected chi connectivity index (χ3v) is 8.77. The number of hydrogen-bond donors (Lipinski definition) is 2. The van der Waals surface area contributed by atoms with Gasteiger partial charge in [0.05, 0.1) is 23.9 Å². The standard InChI is InChI=1S/C29H29N5O3S2/c1-3-18-11-13-19(14-12-18)31-28(37)24(4-2)39-29-32-22-10-6-5-9-21(22)26-33-27(36)23(34(26)29)16-25(35)30-17-20-8-7-15-38-20/h5-15,23-24H,3-4,16-17H2,1-2H3,(H,30,35)(H,31,37). The number of para-hydroxylation sites is 1. The number of fused-ring (bicyclic) bond motifs is 3. The van der Waals surface area contributed by atoms with Crippen LogP contribution in [0.15, 0.2) is 76.0 Å². The molecule has 2 aromatic carbocycles. The van der Waals surface area contributed by atoms with E-state index in [-0.39, 0.29) is 18.2 Å². The Hall–Kier alpha value is -3.76. The van der Waals surface area contributed by atoms with E-state index in [1.165, 1.54) is 17.3 Å². The Morgan fingerprint density at radius 3 is 2.56 bits per heavy atom. The predicted octanol–water partition coefficient (Wildman–Crippen LogP) is 5.13. The third kappa shape index (κ3) is 5.97. The Morgan fingerprint density at radius 1 is 1.05 bits per heavy atom. The Labute approximate surface area is 235 Å². The minimum Gasteiger partial charge on any atom is -0.351 e. The first-order valence-electron chi connectivity index (χ1n) is 12.9. The summed E-state index contributed by atoms with van der Waals surface area (Å²) in [6.07, 6.45) is 1.41. The number of aliphatic imine (C=N–C) groups is 2. The fraction of sp³-hybridized carbons (Fsp3) is 0.276. The SMILES string of the molecule is CCc1ccc(NC(=O)C(CC)SC2=Nc3ccccc3C3=NC(=O)C(CC(=O)NCc4cccs4)N23)cc1. The lowest BCUT2D eigenvalue weighted by Gasteiger charge is -2.32. The van der Waals surface area contributed by atoms with E-state index >= 15 is 0 Å². The van der Waals surface area contributed by atoms with Crippen LogP contribution in [0, 0.1) is 0 Å². The van der Waals surface area contributed by atoms with Crippen LogP contribution >= 0.6 is 23.1 Å². The number of anilines is 1. The lowest BCUT2D eigenvalue weighted by atomic mass is 10.1. The van der Waals surface area contributed by atoms with Crippen LogP contribution in [0.25, 0.3) is 0 Å². The van der Waals surface area contributed by atoms with Gasteiger partial charge in [0, 0.05) is 16.1 Å². The molecule has 200 valence electrons. The molecule has 10 heteroatoms. The summed E-state index contributed by atoms with van der Waals surface area (Å²) in [7, 11) is 0. The van der Waals surface area contributed by atoms with Crippen molar-refractivity contribution in [3.05, 3.63) is 82.0 Å². The van der Waals surface area contributed by atoms with Gasteiger partial charge in [0.15, 0.2) is 5.17 Å². The molecule has 39 heavy (non-hydrogen) atoms. The highest BCUT2D eigenvalue weighted by molar-refractivity contribution is 8.15. The van der Waals surface area contributed by atoms with E-state index in [2.05, 4.69) is 22.5 Å². The summed E-state index contributed by atoms with van der Waals surface area (Å²) in [4.78, 5) is 51.1. The average Bonchev–Trinajstić information content (AvgIpc) is 3.59. The maximum Gasteiger partial charge on any atom is 0.271 e. The van der Waals surface area contributed by atoms with Crippen molar-refractivity contribution in [1.82, 2.24) is 10.2 Å². The quantitative estimate of drug-likeness (QED) is 0.379. The highest BCUT2D eigenvalue weighted by atomic mass is 32.2. The van der Waals surface area contributed by atoms with Crippen LogP contribution < -0.4 is 10.6 Å². The van der Waals surface area contributed by atoms with Gasteiger partial charge in [0.1, 0.15) is 11.9 Å². The average molecular weight is 560 g/mol. The predicted molar refractivity (Wildman–Crippen MR) is 158 cm³/mol. The van der Waals surface area contributed by atoms with Crippen molar-refractivity contribution in [2.45, 2.75) is 50.9 Å². The minimum absolute atomic E-state index is 0.0638. The summed E-state index contributed by atoms with van der Waals surface area (Å²) in [6, 6.07) is 18.3. The first-order valence-corrected chi connectivity index (χ1v) is 14.7. The van der Waals surface area contributed by atoms with E-state index < -0.39 is 17.2 Å². The van der Waals surface area contributed by atoms with E-state index in [4.69, 9.17) is 4.99 Å². The molecular weight excluding hydrogens is 530 g/mol. The Kier molecular flexibility index (Phi) is 8.23. The van der Waals surface area contributed by atoms with Gasteiger partial charge in [0.25, 0.3) is 5.91 Å². The summed E-state index contributed by atoms with van der Waals surface area (Å²) in [5, 5.41) is 7.87. The number of rotatable bonds is 9. The van der Waals surface area contributed by atoms with E-state index in [1.54, 1.807) is 16.2 Å². The van der Waals surface area contributed by atoms with Gasteiger partial charge in [-0.25, -0.2) is 4.99 Å². The molecule has 3 heterocycles. The lowest BCUT2D eigenvalue weighted by Crippen LogP contribution is -2.46. The zero-order chi connectivity index (χ0) is 27.4. The van der Waals surface area contributed by atoms with Crippen molar-refractivity contribution in [3.8, 4) is 0 Å². The normalized spacial score (nSPS) is 16.6. The number of benzene rings is 2. The number of nitrogens with zero attached hydrogens (tertiary/aromatic N) is 3. The number of thiophene rings is 1. The number of aryl methyl sites for hydroxylation is 1. The maximum absolute atomic E-state index is 13.3. The van der Waals surface area contributed by atoms with Crippen molar-refractivity contribution >= 4 is 63.2 Å². The number of nitrogens with one attached hydrogen (secondary N) is 2. The number of hydrogen-bond acceptors (Lipinski definition) is 7. The summed E-state index contributed by atoms with van der Waals surface area (Å²) in [5.74, 6) is -0.325. The molecule has 0 aliphatic carbocycles. The second kappa shape index (κ2) is 12.0. The number of amidine groups is 2. The topological polar surface area (TPSA) is 103 Å². The maximum atomic E-state index is 13.3. The number of amides is 3. The van der Waals surface area contributed by atoms with Crippen molar-refractivity contribution in [2.75, 3.05) is 5.32 Å². The van der Waals surface area contributed by atoms with Crippen molar-refractivity contribution in [3.63, 3.8) is 0 Å². The summed E-state index contributed by atoms with van der Waals surface area (Å²) < 4.78 is 0. The molecule has 2 aliphatic rings. The largest absolute Gasteiger partial charge is 0.351 e. The van der Waals surface area contributed by atoms with E-state index in [0.717, 1.165) is 22.5 Å². The highest BCUT2D eigenvalue weighted by Gasteiger charge is 2.43. The Morgan fingerprint density at radius 2 is 1.85 bits per heavy atom. The zero-order valence-corrected chi connectivity index (χ0v) is 23.3. The first-order chi connectivity index (χ1) is 19.0. The first kappa shape index (κ1) is 26.8. The summed E-state index contributed by atoms with van der Waals surface area (Å²) >= 11 is 2.84. The summed E-state index contributed by atoms with van der Waals surface area (Å²) in [5.41, 5.74) is 3.33. The van der Waals surface area contributed by atoms with Crippen LogP contribution in [0.3, 0.4) is 0 Å². The smallest absolute Gasteiger partial charge is 0.271 e. The number of carbonyl (C=O) groups is 3. The molecule has 3 aromatic rings. The molecule has 8 nitrogen and oxygen atoms in total. The van der Waals surface area contributed by atoms with Gasteiger partial charge in [-0.1, -0.05) is 55.9 Å². The monoisotopic (exact) mass is 559 g/mol. The molecule has 2 atom stereocenters. The molecule has 5 rings (SSSR count). The molecule has 2 N–H and O–H groups in total. The molecule has 0 spiro atoms. The van der Waals surface area contributed by atoms with Crippen LogP contribution in [0.1, 0.15) is 42.7 Å². The zero-order valence-electron chi connectivity index (χ0n) is 21.7.